The van der Waals surface area contributed by atoms with E-state index >= 15 is 0 Å². The molecule has 54 heavy (non-hydrogen) atoms. The molecule has 0 aliphatic carbocycles. The zero-order valence-electron chi connectivity index (χ0n) is 30.2. The molecule has 0 amide bonds. The van der Waals surface area contributed by atoms with Crippen LogP contribution in [-0.2, 0) is 10.3 Å². The standard InChI is InChI=1S/C50H39NO3/c1-52-47-33-46-43-13-6-5-11-41(43)42-12-7-8-14-44(42)48(46)45-27-28-50(54-49(45)47,38-21-15-35(16-22-38)34-9-3-2-4-10-34)39-23-17-36(18-24-39)37-19-25-40(26-20-37)51-29-31-53-32-30-51/h2-28,33H,29-32H2,1H3. The average Bonchev–Trinajstić information content (AvgIpc) is 3.26. The number of fused-ring (bicyclic) bond motifs is 8. The second-order valence-corrected chi connectivity index (χ2v) is 14.2. The Balaban J connectivity index is 1.12. The molecule has 1 atom stereocenters. The molecule has 1 unspecified atom stereocenters. The zero-order chi connectivity index (χ0) is 36.1. The van der Waals surface area contributed by atoms with Crippen LogP contribution in [0.15, 0.2) is 164 Å². The Hall–Kier alpha value is -6.36. The molecule has 0 saturated carbocycles. The highest BCUT2D eigenvalue weighted by molar-refractivity contribution is 6.27. The van der Waals surface area contributed by atoms with Crippen LogP contribution in [0, 0.1) is 0 Å². The summed E-state index contributed by atoms with van der Waals surface area (Å²) in [4.78, 5) is 2.39. The van der Waals surface area contributed by atoms with Crippen molar-refractivity contribution in [2.24, 2.45) is 0 Å². The van der Waals surface area contributed by atoms with Crippen molar-refractivity contribution in [2.75, 3.05) is 38.3 Å². The van der Waals surface area contributed by atoms with Crippen LogP contribution in [0.1, 0.15) is 16.7 Å². The largest absolute Gasteiger partial charge is 0.493 e. The van der Waals surface area contributed by atoms with Crippen molar-refractivity contribution in [3.8, 4) is 33.8 Å². The quantitative estimate of drug-likeness (QED) is 0.162. The van der Waals surface area contributed by atoms with Crippen molar-refractivity contribution in [3.05, 3.63) is 180 Å². The Morgan fingerprint density at radius 1 is 0.537 bits per heavy atom. The maximum Gasteiger partial charge on any atom is 0.178 e. The molecule has 4 heteroatoms. The number of methoxy groups -OCH3 is 1. The molecule has 10 rings (SSSR count). The minimum absolute atomic E-state index is 0.713. The van der Waals surface area contributed by atoms with Gasteiger partial charge in [-0.2, -0.15) is 0 Å². The zero-order valence-corrected chi connectivity index (χ0v) is 30.2. The minimum atomic E-state index is -0.908. The first-order valence-electron chi connectivity index (χ1n) is 18.7. The van der Waals surface area contributed by atoms with Crippen LogP contribution in [0.5, 0.6) is 11.5 Å². The van der Waals surface area contributed by atoms with E-state index in [1.54, 1.807) is 7.11 Å². The summed E-state index contributed by atoms with van der Waals surface area (Å²) in [5.41, 5.74) is 8.11. The number of benzene rings is 8. The molecular formula is C50H39NO3. The fourth-order valence-corrected chi connectivity index (χ4v) is 8.48. The van der Waals surface area contributed by atoms with E-state index in [1.165, 1.54) is 43.7 Å². The predicted octanol–water partition coefficient (Wildman–Crippen LogP) is 11.7. The van der Waals surface area contributed by atoms with Gasteiger partial charge in [0.25, 0.3) is 0 Å². The van der Waals surface area contributed by atoms with E-state index in [-0.39, 0.29) is 0 Å². The van der Waals surface area contributed by atoms with Gasteiger partial charge in [-0.05, 0) is 79.5 Å². The Labute approximate surface area is 315 Å². The van der Waals surface area contributed by atoms with Crippen molar-refractivity contribution < 1.29 is 14.2 Å². The lowest BCUT2D eigenvalue weighted by atomic mass is 9.81. The third-order valence-electron chi connectivity index (χ3n) is 11.3. The number of ether oxygens (including phenoxy) is 3. The number of morpholine rings is 1. The van der Waals surface area contributed by atoms with Crippen LogP contribution in [-0.4, -0.2) is 33.4 Å². The molecule has 262 valence electrons. The number of hydrogen-bond acceptors (Lipinski definition) is 4. The molecule has 0 bridgehead atoms. The minimum Gasteiger partial charge on any atom is -0.493 e. The normalized spacial score (nSPS) is 16.7. The molecule has 2 aliphatic rings. The molecule has 1 fully saturated rings. The van der Waals surface area contributed by atoms with Gasteiger partial charge in [-0.15, -0.1) is 0 Å². The highest BCUT2D eigenvalue weighted by Crippen LogP contribution is 2.51. The molecule has 8 aromatic carbocycles. The first-order valence-corrected chi connectivity index (χ1v) is 18.7. The summed E-state index contributed by atoms with van der Waals surface area (Å²) in [6.07, 6.45) is 4.50. The molecule has 2 heterocycles. The first-order chi connectivity index (χ1) is 26.7. The van der Waals surface area contributed by atoms with Gasteiger partial charge < -0.3 is 19.1 Å². The summed E-state index contributed by atoms with van der Waals surface area (Å²) in [6.45, 7) is 3.39. The number of rotatable bonds is 6. The predicted molar refractivity (Wildman–Crippen MR) is 223 cm³/mol. The third-order valence-corrected chi connectivity index (χ3v) is 11.3. The fourth-order valence-electron chi connectivity index (χ4n) is 8.48. The maximum absolute atomic E-state index is 7.43. The van der Waals surface area contributed by atoms with Gasteiger partial charge in [0.15, 0.2) is 17.1 Å². The van der Waals surface area contributed by atoms with Crippen LogP contribution < -0.4 is 14.4 Å². The molecule has 0 spiro atoms. The van der Waals surface area contributed by atoms with E-state index in [2.05, 4.69) is 175 Å². The van der Waals surface area contributed by atoms with E-state index < -0.39 is 5.60 Å². The lowest BCUT2D eigenvalue weighted by molar-refractivity contribution is 0.122. The summed E-state index contributed by atoms with van der Waals surface area (Å²) in [5.74, 6) is 1.45. The molecule has 4 nitrogen and oxygen atoms in total. The second kappa shape index (κ2) is 13.2. The van der Waals surface area contributed by atoms with Gasteiger partial charge >= 0.3 is 0 Å². The van der Waals surface area contributed by atoms with Crippen LogP contribution >= 0.6 is 0 Å². The van der Waals surface area contributed by atoms with Gasteiger partial charge in [0.2, 0.25) is 0 Å². The fraction of sp³-hybridized carbons (Fsp3) is 0.120. The van der Waals surface area contributed by atoms with E-state index in [1.807, 2.05) is 0 Å². The topological polar surface area (TPSA) is 30.9 Å². The molecule has 8 aromatic rings. The smallest absolute Gasteiger partial charge is 0.178 e. The lowest BCUT2D eigenvalue weighted by Gasteiger charge is -2.37. The monoisotopic (exact) mass is 701 g/mol. The first kappa shape index (κ1) is 32.3. The summed E-state index contributed by atoms with van der Waals surface area (Å²) in [7, 11) is 1.74. The summed E-state index contributed by atoms with van der Waals surface area (Å²) in [5, 5.41) is 7.16. The van der Waals surface area contributed by atoms with Gasteiger partial charge in [-0.3, -0.25) is 0 Å². The molecular weight excluding hydrogens is 663 g/mol. The van der Waals surface area contributed by atoms with Crippen molar-refractivity contribution >= 4 is 44.1 Å². The summed E-state index contributed by atoms with van der Waals surface area (Å²) in [6, 6.07) is 56.5. The van der Waals surface area contributed by atoms with Crippen LogP contribution in [0.4, 0.5) is 5.69 Å². The highest BCUT2D eigenvalue weighted by atomic mass is 16.5. The van der Waals surface area contributed by atoms with Gasteiger partial charge in [0, 0.05) is 40.9 Å². The molecule has 1 saturated heterocycles. The van der Waals surface area contributed by atoms with E-state index in [4.69, 9.17) is 14.2 Å². The average molecular weight is 702 g/mol. The van der Waals surface area contributed by atoms with Crippen molar-refractivity contribution in [1.29, 1.82) is 0 Å². The van der Waals surface area contributed by atoms with Gasteiger partial charge in [-0.1, -0.05) is 140 Å². The Morgan fingerprint density at radius 2 is 1.04 bits per heavy atom. The van der Waals surface area contributed by atoms with E-state index in [0.29, 0.717) is 5.75 Å². The molecule has 0 aromatic heterocycles. The summed E-state index contributed by atoms with van der Waals surface area (Å²) < 4.78 is 19.2. The van der Waals surface area contributed by atoms with Crippen LogP contribution in [0.25, 0.3) is 60.6 Å². The van der Waals surface area contributed by atoms with E-state index in [9.17, 15) is 0 Å². The maximum atomic E-state index is 7.43. The molecule has 2 aliphatic heterocycles. The Morgan fingerprint density at radius 3 is 1.63 bits per heavy atom. The van der Waals surface area contributed by atoms with Gasteiger partial charge in [-0.25, -0.2) is 0 Å². The number of nitrogens with zero attached hydrogens (tertiary/aromatic N) is 1. The van der Waals surface area contributed by atoms with Gasteiger partial charge in [0.1, 0.15) is 0 Å². The highest BCUT2D eigenvalue weighted by Gasteiger charge is 2.39. The van der Waals surface area contributed by atoms with Crippen LogP contribution in [0.3, 0.4) is 0 Å². The molecule has 0 N–H and O–H groups in total. The van der Waals surface area contributed by atoms with Crippen LogP contribution in [0.2, 0.25) is 0 Å². The Bertz CT molecular complexity index is 2680. The molecule has 0 radical (unpaired) electrons. The Kier molecular flexibility index (Phi) is 7.92. The number of hydrogen-bond donors (Lipinski definition) is 0. The van der Waals surface area contributed by atoms with Crippen molar-refractivity contribution in [3.63, 3.8) is 0 Å². The lowest BCUT2D eigenvalue weighted by Crippen LogP contribution is -2.36. The second-order valence-electron chi connectivity index (χ2n) is 14.2. The van der Waals surface area contributed by atoms with Crippen molar-refractivity contribution in [2.45, 2.75) is 5.60 Å². The van der Waals surface area contributed by atoms with Crippen molar-refractivity contribution in [1.82, 2.24) is 0 Å². The van der Waals surface area contributed by atoms with Gasteiger partial charge in [0.05, 0.1) is 20.3 Å². The summed E-state index contributed by atoms with van der Waals surface area (Å²) >= 11 is 0. The third kappa shape index (κ3) is 5.33. The van der Waals surface area contributed by atoms with E-state index in [0.717, 1.165) is 65.3 Å². The SMILES string of the molecule is COc1cc2c3ccccc3c3ccccc3c2c2c1OC(c1ccc(-c3ccccc3)cc1)(c1ccc(-c3ccc(N4CCOCC4)cc3)cc1)C=C2. The number of anilines is 1.